The Bertz CT molecular complexity index is 881. The minimum Gasteiger partial charge on any atom is -0.463 e. The molecule has 1 fully saturated rings. The van der Waals surface area contributed by atoms with Crippen molar-refractivity contribution in [1.82, 2.24) is 10.6 Å². The number of carbonyl (C=O) groups is 3. The van der Waals surface area contributed by atoms with Crippen molar-refractivity contribution in [3.63, 3.8) is 0 Å². The van der Waals surface area contributed by atoms with Crippen LogP contribution >= 0.6 is 0 Å². The van der Waals surface area contributed by atoms with Crippen molar-refractivity contribution in [2.75, 3.05) is 13.2 Å². The molecule has 2 amide bonds. The van der Waals surface area contributed by atoms with Gasteiger partial charge >= 0.3 is 5.97 Å². The van der Waals surface area contributed by atoms with Gasteiger partial charge in [-0.3, -0.25) is 14.4 Å². The first kappa shape index (κ1) is 28.9. The van der Waals surface area contributed by atoms with Crippen molar-refractivity contribution >= 4 is 17.8 Å². The monoisotopic (exact) mass is 512 g/mol. The summed E-state index contributed by atoms with van der Waals surface area (Å²) in [6.07, 6.45) is 13.1. The van der Waals surface area contributed by atoms with Crippen LogP contribution in [0.15, 0.2) is 42.5 Å². The number of hydrogen-bond donors (Lipinski definition) is 3. The largest absolute Gasteiger partial charge is 0.463 e. The van der Waals surface area contributed by atoms with Crippen molar-refractivity contribution in [3.8, 4) is 0 Å². The molecule has 0 aromatic heterocycles. The quantitative estimate of drug-likeness (QED) is 0.360. The van der Waals surface area contributed by atoms with Gasteiger partial charge in [0, 0.05) is 12.5 Å². The van der Waals surface area contributed by atoms with E-state index in [1.54, 1.807) is 6.92 Å². The number of nitrogens with one attached hydrogen (secondary N) is 2. The smallest absolute Gasteiger partial charge is 0.309 e. The van der Waals surface area contributed by atoms with Crippen molar-refractivity contribution in [2.45, 2.75) is 89.6 Å². The van der Waals surface area contributed by atoms with E-state index in [0.717, 1.165) is 24.8 Å². The van der Waals surface area contributed by atoms with Gasteiger partial charge in [-0.25, -0.2) is 0 Å². The Kier molecular flexibility index (Phi) is 12.1. The third kappa shape index (κ3) is 10.3. The summed E-state index contributed by atoms with van der Waals surface area (Å²) in [5, 5.41) is 15.1. The third-order valence-corrected chi connectivity index (χ3v) is 7.53. The summed E-state index contributed by atoms with van der Waals surface area (Å²) >= 11 is 0. The number of rotatable bonds is 8. The van der Waals surface area contributed by atoms with Crippen LogP contribution in [0.1, 0.15) is 76.7 Å². The highest BCUT2D eigenvalue weighted by Crippen LogP contribution is 2.28. The van der Waals surface area contributed by atoms with Gasteiger partial charge in [0.2, 0.25) is 11.8 Å². The van der Waals surface area contributed by atoms with Crippen LogP contribution in [0.3, 0.4) is 0 Å². The Morgan fingerprint density at radius 3 is 2.57 bits per heavy atom. The van der Waals surface area contributed by atoms with Crippen molar-refractivity contribution < 1.29 is 24.2 Å². The van der Waals surface area contributed by atoms with Crippen LogP contribution in [-0.2, 0) is 25.5 Å². The van der Waals surface area contributed by atoms with E-state index in [2.05, 4.69) is 10.6 Å². The molecule has 1 aliphatic heterocycles. The summed E-state index contributed by atoms with van der Waals surface area (Å²) in [6, 6.07) is 9.35. The summed E-state index contributed by atoms with van der Waals surface area (Å²) in [7, 11) is 0. The molecular formula is C30H44N2O5. The predicted molar refractivity (Wildman–Crippen MR) is 144 cm³/mol. The van der Waals surface area contributed by atoms with Gasteiger partial charge in [0.15, 0.2) is 0 Å². The van der Waals surface area contributed by atoms with Crippen LogP contribution in [0.5, 0.6) is 0 Å². The van der Waals surface area contributed by atoms with E-state index in [9.17, 15) is 19.5 Å². The number of aliphatic hydroxyl groups excluding tert-OH is 1. The van der Waals surface area contributed by atoms with Crippen LogP contribution in [0.4, 0.5) is 0 Å². The second-order valence-electron chi connectivity index (χ2n) is 10.8. The number of amides is 2. The molecule has 1 heterocycles. The molecule has 3 N–H and O–H groups in total. The molecule has 204 valence electrons. The lowest BCUT2D eigenvalue weighted by Gasteiger charge is -2.28. The number of carbonyl (C=O) groups excluding carboxylic acids is 3. The number of cyclic esters (lactones) is 1. The lowest BCUT2D eigenvalue weighted by molar-refractivity contribution is -0.150. The highest BCUT2D eigenvalue weighted by atomic mass is 16.5. The lowest BCUT2D eigenvalue weighted by atomic mass is 9.84. The Hall–Kier alpha value is -2.67. The number of hydrogen-bond acceptors (Lipinski definition) is 5. The Morgan fingerprint density at radius 1 is 1.08 bits per heavy atom. The van der Waals surface area contributed by atoms with Crippen LogP contribution in [0, 0.1) is 17.8 Å². The Morgan fingerprint density at radius 2 is 1.84 bits per heavy atom. The van der Waals surface area contributed by atoms with Gasteiger partial charge < -0.3 is 20.5 Å². The standard InChI is InChI=1S/C30H44N2O5/c1-22(20-33)31-28(34)19-25-15-9-4-10-16-26(17-23-11-5-2-6-12-23)30(36)37-21-27(32-29(25)35)18-24-13-7-3-8-14-24/h2,4-6,9,11-12,22,24-27,33H,3,7-8,10,13-21H2,1H3,(H,31,34)(H,32,35)/t22-,25-,26-,27+/m1/s1. The normalized spacial score (nSPS) is 25.1. The lowest BCUT2D eigenvalue weighted by Crippen LogP contribution is -2.45. The second kappa shape index (κ2) is 15.6. The van der Waals surface area contributed by atoms with Gasteiger partial charge in [-0.2, -0.15) is 0 Å². The first-order valence-electron chi connectivity index (χ1n) is 14.0. The minimum atomic E-state index is -0.521. The Labute approximate surface area is 221 Å². The highest BCUT2D eigenvalue weighted by molar-refractivity contribution is 5.86. The average Bonchev–Trinajstić information content (AvgIpc) is 2.91. The first-order chi connectivity index (χ1) is 17.9. The van der Waals surface area contributed by atoms with Crippen LogP contribution in [0.25, 0.3) is 0 Å². The molecule has 0 spiro atoms. The van der Waals surface area contributed by atoms with Gasteiger partial charge in [-0.15, -0.1) is 0 Å². The summed E-state index contributed by atoms with van der Waals surface area (Å²) in [6.45, 7) is 1.73. The maximum atomic E-state index is 13.3. The van der Waals surface area contributed by atoms with E-state index in [1.807, 2.05) is 42.5 Å². The van der Waals surface area contributed by atoms with Crippen molar-refractivity contribution in [1.29, 1.82) is 0 Å². The molecule has 4 atom stereocenters. The van der Waals surface area contributed by atoms with Crippen LogP contribution < -0.4 is 10.6 Å². The van der Waals surface area contributed by atoms with Gasteiger partial charge in [-0.1, -0.05) is 74.6 Å². The highest BCUT2D eigenvalue weighted by Gasteiger charge is 2.28. The summed E-state index contributed by atoms with van der Waals surface area (Å²) in [5.74, 6) is -0.923. The molecule has 1 aliphatic carbocycles. The molecule has 1 aromatic carbocycles. The number of aliphatic hydroxyl groups is 1. The average molecular weight is 513 g/mol. The summed E-state index contributed by atoms with van der Waals surface area (Å²) < 4.78 is 5.84. The van der Waals surface area contributed by atoms with E-state index in [1.165, 1.54) is 19.3 Å². The summed E-state index contributed by atoms with van der Waals surface area (Å²) in [4.78, 5) is 39.0. The Balaban J connectivity index is 1.74. The molecule has 2 aliphatic rings. The van der Waals surface area contributed by atoms with Gasteiger partial charge in [0.05, 0.1) is 24.5 Å². The molecule has 1 saturated carbocycles. The van der Waals surface area contributed by atoms with Crippen LogP contribution in [0.2, 0.25) is 0 Å². The molecule has 1 aromatic rings. The third-order valence-electron chi connectivity index (χ3n) is 7.53. The fraction of sp³-hybridized carbons (Fsp3) is 0.633. The van der Waals surface area contributed by atoms with E-state index < -0.39 is 5.92 Å². The molecule has 37 heavy (non-hydrogen) atoms. The van der Waals surface area contributed by atoms with Crippen LogP contribution in [-0.4, -0.2) is 48.2 Å². The molecule has 0 bridgehead atoms. The van der Waals surface area contributed by atoms with E-state index >= 15 is 0 Å². The molecule has 3 rings (SSSR count). The zero-order valence-corrected chi connectivity index (χ0v) is 22.2. The molecule has 0 unspecified atom stereocenters. The zero-order valence-electron chi connectivity index (χ0n) is 22.2. The van der Waals surface area contributed by atoms with Gasteiger partial charge in [0.25, 0.3) is 0 Å². The molecular weight excluding hydrogens is 468 g/mol. The number of ether oxygens (including phenoxy) is 1. The fourth-order valence-corrected chi connectivity index (χ4v) is 5.38. The topological polar surface area (TPSA) is 105 Å². The second-order valence-corrected chi connectivity index (χ2v) is 10.8. The summed E-state index contributed by atoms with van der Waals surface area (Å²) in [5.41, 5.74) is 1.10. The molecule has 0 radical (unpaired) electrons. The number of allylic oxidation sites excluding steroid dienone is 2. The first-order valence-corrected chi connectivity index (χ1v) is 14.0. The maximum Gasteiger partial charge on any atom is 0.309 e. The molecule has 7 heteroatoms. The molecule has 7 nitrogen and oxygen atoms in total. The van der Waals surface area contributed by atoms with E-state index in [-0.39, 0.29) is 55.4 Å². The number of benzene rings is 1. The zero-order chi connectivity index (χ0) is 26.5. The van der Waals surface area contributed by atoms with Gasteiger partial charge in [-0.05, 0) is 50.5 Å². The predicted octanol–water partition coefficient (Wildman–Crippen LogP) is 4.09. The van der Waals surface area contributed by atoms with Gasteiger partial charge in [0.1, 0.15) is 6.61 Å². The van der Waals surface area contributed by atoms with Crippen molar-refractivity contribution in [2.24, 2.45) is 17.8 Å². The maximum absolute atomic E-state index is 13.3. The van der Waals surface area contributed by atoms with E-state index in [0.29, 0.717) is 31.6 Å². The molecule has 0 saturated heterocycles. The fourth-order valence-electron chi connectivity index (χ4n) is 5.38. The SMILES string of the molecule is C[C@H](CO)NC(=O)C[C@H]1CC=CCC[C@H](Cc2ccccc2)C(=O)OC[C@H](CC2CCCCC2)NC1=O. The number of esters is 1. The van der Waals surface area contributed by atoms with E-state index in [4.69, 9.17) is 4.74 Å². The minimum absolute atomic E-state index is 0.0487. The van der Waals surface area contributed by atoms with Crippen molar-refractivity contribution in [3.05, 3.63) is 48.0 Å².